The highest BCUT2D eigenvalue weighted by atomic mass is 32.1. The lowest BCUT2D eigenvalue weighted by atomic mass is 10.1. The van der Waals surface area contributed by atoms with Crippen molar-refractivity contribution in [3.63, 3.8) is 0 Å². The van der Waals surface area contributed by atoms with Crippen LogP contribution < -0.4 is 5.73 Å². The number of anilines is 1. The van der Waals surface area contributed by atoms with Crippen molar-refractivity contribution in [2.75, 3.05) is 12.3 Å². The lowest BCUT2D eigenvalue weighted by Crippen LogP contribution is -2.09. The summed E-state index contributed by atoms with van der Waals surface area (Å²) in [7, 11) is 0. The molecule has 2 aliphatic rings. The van der Waals surface area contributed by atoms with Crippen molar-refractivity contribution in [2.24, 2.45) is 10.9 Å². The number of ether oxygens (including phenoxy) is 1. The zero-order valence-electron chi connectivity index (χ0n) is 11.7. The summed E-state index contributed by atoms with van der Waals surface area (Å²) in [6, 6.07) is 0. The van der Waals surface area contributed by atoms with Crippen LogP contribution in [-0.2, 0) is 4.74 Å². The third-order valence-electron chi connectivity index (χ3n) is 3.97. The molecule has 0 bridgehead atoms. The van der Waals surface area contributed by atoms with Crippen LogP contribution in [0.3, 0.4) is 0 Å². The summed E-state index contributed by atoms with van der Waals surface area (Å²) in [6.07, 6.45) is 3.50. The summed E-state index contributed by atoms with van der Waals surface area (Å²) >= 11 is 1.62. The van der Waals surface area contributed by atoms with E-state index in [-0.39, 0.29) is 0 Å². The lowest BCUT2D eigenvalue weighted by Gasteiger charge is -2.08. The maximum Gasteiger partial charge on any atom is 0.224 e. The lowest BCUT2D eigenvalue weighted by molar-refractivity contribution is 0.313. The molecule has 1 aromatic rings. The Hall–Kier alpha value is -1.29. The van der Waals surface area contributed by atoms with E-state index in [0.29, 0.717) is 12.5 Å². The molecule has 19 heavy (non-hydrogen) atoms. The Morgan fingerprint density at radius 1 is 1.26 bits per heavy atom. The molecular weight excluding hydrogens is 256 g/mol. The van der Waals surface area contributed by atoms with Gasteiger partial charge in [-0.3, -0.25) is 0 Å². The Bertz CT molecular complexity index is 579. The maximum absolute atomic E-state index is 6.14. The first kappa shape index (κ1) is 12.7. The Balaban J connectivity index is 2.06. The summed E-state index contributed by atoms with van der Waals surface area (Å²) in [5, 5.41) is 0.823. The third kappa shape index (κ3) is 2.29. The van der Waals surface area contributed by atoms with E-state index in [1.165, 1.54) is 34.6 Å². The molecule has 1 fully saturated rings. The summed E-state index contributed by atoms with van der Waals surface area (Å²) in [5.41, 5.74) is 11.0. The zero-order chi connectivity index (χ0) is 13.6. The SMILES string of the molecule is CC1=C(C2CC2)N=C(c2c(N)sc(C)c2C)OCC1. The van der Waals surface area contributed by atoms with Gasteiger partial charge in [0.05, 0.1) is 17.2 Å². The number of nitrogens with zero attached hydrogens (tertiary/aromatic N) is 1. The van der Waals surface area contributed by atoms with E-state index in [0.717, 1.165) is 22.9 Å². The average molecular weight is 276 g/mol. The minimum atomic E-state index is 0.651. The van der Waals surface area contributed by atoms with Crippen LogP contribution in [0.15, 0.2) is 16.3 Å². The summed E-state index contributed by atoms with van der Waals surface area (Å²) in [6.45, 7) is 7.08. The number of hydrogen-bond donors (Lipinski definition) is 1. The van der Waals surface area contributed by atoms with Crippen LogP contribution in [-0.4, -0.2) is 12.5 Å². The van der Waals surface area contributed by atoms with Crippen LogP contribution in [0.4, 0.5) is 5.00 Å². The van der Waals surface area contributed by atoms with Gasteiger partial charge in [0, 0.05) is 22.9 Å². The monoisotopic (exact) mass is 276 g/mol. The van der Waals surface area contributed by atoms with E-state index < -0.39 is 0 Å². The van der Waals surface area contributed by atoms with E-state index in [1.807, 2.05) is 0 Å². The molecular formula is C15H20N2OS. The van der Waals surface area contributed by atoms with Gasteiger partial charge in [0.2, 0.25) is 5.90 Å². The molecule has 3 rings (SSSR count). The number of hydrogen-bond acceptors (Lipinski definition) is 4. The van der Waals surface area contributed by atoms with Gasteiger partial charge in [-0.2, -0.15) is 0 Å². The van der Waals surface area contributed by atoms with Gasteiger partial charge in [-0.25, -0.2) is 4.99 Å². The maximum atomic E-state index is 6.14. The molecule has 0 atom stereocenters. The smallest absolute Gasteiger partial charge is 0.224 e. The number of thiophene rings is 1. The fourth-order valence-corrected chi connectivity index (χ4v) is 3.44. The number of rotatable bonds is 2. The predicted octanol–water partition coefficient (Wildman–Crippen LogP) is 3.80. The van der Waals surface area contributed by atoms with Crippen molar-refractivity contribution in [3.05, 3.63) is 27.3 Å². The minimum Gasteiger partial charge on any atom is -0.477 e. The van der Waals surface area contributed by atoms with Crippen molar-refractivity contribution >= 4 is 22.2 Å². The van der Waals surface area contributed by atoms with E-state index in [2.05, 4.69) is 20.8 Å². The molecule has 0 unspecified atom stereocenters. The molecule has 1 aromatic heterocycles. The number of aryl methyl sites for hydroxylation is 1. The second-order valence-electron chi connectivity index (χ2n) is 5.48. The van der Waals surface area contributed by atoms with Crippen molar-refractivity contribution in [3.8, 4) is 0 Å². The van der Waals surface area contributed by atoms with Crippen LogP contribution in [0, 0.1) is 19.8 Å². The highest BCUT2D eigenvalue weighted by molar-refractivity contribution is 7.16. The Labute approximate surface area is 118 Å². The van der Waals surface area contributed by atoms with Gasteiger partial charge in [0.15, 0.2) is 0 Å². The first-order valence-corrected chi connectivity index (χ1v) is 7.66. The van der Waals surface area contributed by atoms with Crippen LogP contribution in [0.25, 0.3) is 0 Å². The third-order valence-corrected chi connectivity index (χ3v) is 5.00. The number of nitrogen functional groups attached to an aromatic ring is 1. The van der Waals surface area contributed by atoms with Crippen LogP contribution >= 0.6 is 11.3 Å². The molecule has 102 valence electrons. The predicted molar refractivity (Wildman–Crippen MR) is 80.7 cm³/mol. The van der Waals surface area contributed by atoms with E-state index in [9.17, 15) is 0 Å². The Morgan fingerprint density at radius 3 is 2.58 bits per heavy atom. The standard InChI is InChI=1S/C15H20N2OS/c1-8-6-7-18-15(17-13(8)11-4-5-11)12-9(2)10(3)19-14(12)16/h11H,4-7,16H2,1-3H3. The van der Waals surface area contributed by atoms with Crippen LogP contribution in [0.5, 0.6) is 0 Å². The quantitative estimate of drug-likeness (QED) is 0.893. The van der Waals surface area contributed by atoms with Crippen LogP contribution in [0.1, 0.15) is 42.2 Å². The summed E-state index contributed by atoms with van der Waals surface area (Å²) < 4.78 is 5.88. The molecule has 1 aliphatic carbocycles. The van der Waals surface area contributed by atoms with E-state index in [4.69, 9.17) is 15.5 Å². The molecule has 1 saturated carbocycles. The van der Waals surface area contributed by atoms with Crippen molar-refractivity contribution < 1.29 is 4.74 Å². The fraction of sp³-hybridized carbons (Fsp3) is 0.533. The molecule has 0 amide bonds. The highest BCUT2D eigenvalue weighted by Gasteiger charge is 2.30. The normalized spacial score (nSPS) is 20.1. The molecule has 0 saturated heterocycles. The molecule has 2 N–H and O–H groups in total. The first-order valence-electron chi connectivity index (χ1n) is 6.85. The topological polar surface area (TPSA) is 47.6 Å². The van der Waals surface area contributed by atoms with Gasteiger partial charge in [-0.1, -0.05) is 0 Å². The highest BCUT2D eigenvalue weighted by Crippen LogP contribution is 2.41. The number of aliphatic imine (C=N–C) groups is 1. The van der Waals surface area contributed by atoms with Gasteiger partial charge in [-0.15, -0.1) is 11.3 Å². The molecule has 0 radical (unpaired) electrons. The van der Waals surface area contributed by atoms with Gasteiger partial charge in [0.1, 0.15) is 0 Å². The number of nitrogens with two attached hydrogens (primary N) is 1. The summed E-state index contributed by atoms with van der Waals surface area (Å²) in [4.78, 5) is 6.07. The van der Waals surface area contributed by atoms with Crippen molar-refractivity contribution in [1.29, 1.82) is 0 Å². The molecule has 2 heterocycles. The van der Waals surface area contributed by atoms with Crippen molar-refractivity contribution in [2.45, 2.75) is 40.0 Å². The minimum absolute atomic E-state index is 0.651. The molecule has 0 spiro atoms. The summed E-state index contributed by atoms with van der Waals surface area (Å²) in [5.74, 6) is 1.39. The number of allylic oxidation sites excluding steroid dienone is 1. The zero-order valence-corrected chi connectivity index (χ0v) is 12.6. The Kier molecular flexibility index (Phi) is 3.13. The van der Waals surface area contributed by atoms with Crippen molar-refractivity contribution in [1.82, 2.24) is 0 Å². The largest absolute Gasteiger partial charge is 0.477 e. The van der Waals surface area contributed by atoms with Gasteiger partial charge in [0.25, 0.3) is 0 Å². The first-order chi connectivity index (χ1) is 9.08. The van der Waals surface area contributed by atoms with E-state index >= 15 is 0 Å². The molecule has 1 aliphatic heterocycles. The van der Waals surface area contributed by atoms with E-state index in [1.54, 1.807) is 11.3 Å². The van der Waals surface area contributed by atoms with Gasteiger partial charge >= 0.3 is 0 Å². The van der Waals surface area contributed by atoms with Crippen LogP contribution in [0.2, 0.25) is 0 Å². The fourth-order valence-electron chi connectivity index (χ4n) is 2.51. The van der Waals surface area contributed by atoms with Gasteiger partial charge in [-0.05, 0) is 44.7 Å². The van der Waals surface area contributed by atoms with Gasteiger partial charge < -0.3 is 10.5 Å². The molecule has 0 aromatic carbocycles. The second-order valence-corrected chi connectivity index (χ2v) is 6.73. The molecule has 4 heteroatoms. The second kappa shape index (κ2) is 4.67. The molecule has 3 nitrogen and oxygen atoms in total. The Morgan fingerprint density at radius 2 is 2.00 bits per heavy atom. The average Bonchev–Trinajstić information content (AvgIpc) is 3.14.